The van der Waals surface area contributed by atoms with Crippen molar-refractivity contribution >= 4 is 11.8 Å². The van der Waals surface area contributed by atoms with Crippen molar-refractivity contribution in [3.8, 4) is 0 Å². The van der Waals surface area contributed by atoms with E-state index >= 15 is 0 Å². The molecule has 0 saturated heterocycles. The molecule has 1 fully saturated rings. The Hall–Kier alpha value is 0.230. The Balaban J connectivity index is 1.77. The van der Waals surface area contributed by atoms with Crippen LogP contribution in [0.2, 0.25) is 0 Å². The summed E-state index contributed by atoms with van der Waals surface area (Å²) in [5.41, 5.74) is 0. The van der Waals surface area contributed by atoms with Gasteiger partial charge in [0.15, 0.2) is 0 Å². The van der Waals surface area contributed by atoms with Crippen LogP contribution in [0.5, 0.6) is 0 Å². The van der Waals surface area contributed by atoms with E-state index in [1.807, 2.05) is 11.8 Å². The maximum absolute atomic E-state index is 5.38. The van der Waals surface area contributed by atoms with E-state index in [9.17, 15) is 0 Å². The fraction of sp³-hybridized carbons (Fsp3) is 1.00. The lowest BCUT2D eigenvalue weighted by molar-refractivity contribution is 0.0695. The fourth-order valence-corrected chi connectivity index (χ4v) is 2.21. The second-order valence-corrected chi connectivity index (χ2v) is 5.30. The third-order valence-corrected chi connectivity index (χ3v) is 4.18. The van der Waals surface area contributed by atoms with Crippen molar-refractivity contribution in [2.45, 2.75) is 24.0 Å². The van der Waals surface area contributed by atoms with Crippen molar-refractivity contribution < 1.29 is 9.47 Å². The molecule has 1 aliphatic carbocycles. The second-order valence-electron chi connectivity index (χ2n) is 4.02. The van der Waals surface area contributed by atoms with Crippen molar-refractivity contribution in [1.82, 2.24) is 5.32 Å². The van der Waals surface area contributed by atoms with Gasteiger partial charge in [0.1, 0.15) is 0 Å². The first-order valence-corrected chi connectivity index (χ1v) is 6.88. The zero-order valence-corrected chi connectivity index (χ0v) is 10.7. The molecule has 15 heavy (non-hydrogen) atoms. The number of nitrogens with one attached hydrogen (secondary N) is 1. The van der Waals surface area contributed by atoms with Gasteiger partial charge in [0.2, 0.25) is 0 Å². The maximum atomic E-state index is 5.38. The monoisotopic (exact) mass is 233 g/mol. The van der Waals surface area contributed by atoms with E-state index in [4.69, 9.17) is 9.47 Å². The molecule has 0 heterocycles. The minimum atomic E-state index is 0.580. The number of ether oxygens (including phenoxy) is 2. The molecule has 1 rings (SSSR count). The molecule has 1 saturated carbocycles. The van der Waals surface area contributed by atoms with Crippen LogP contribution >= 0.6 is 11.8 Å². The topological polar surface area (TPSA) is 30.5 Å². The van der Waals surface area contributed by atoms with Gasteiger partial charge in [0.05, 0.1) is 13.2 Å². The summed E-state index contributed by atoms with van der Waals surface area (Å²) >= 11 is 2.00. The lowest BCUT2D eigenvalue weighted by Crippen LogP contribution is -2.27. The van der Waals surface area contributed by atoms with Gasteiger partial charge in [-0.3, -0.25) is 0 Å². The van der Waals surface area contributed by atoms with Crippen LogP contribution in [0.25, 0.3) is 0 Å². The van der Waals surface area contributed by atoms with E-state index < -0.39 is 0 Å². The normalized spacial score (nSPS) is 18.0. The van der Waals surface area contributed by atoms with Crippen LogP contribution in [-0.4, -0.2) is 51.0 Å². The molecule has 0 spiro atoms. The summed E-state index contributed by atoms with van der Waals surface area (Å²) in [4.78, 5) is 0. The Morgan fingerprint density at radius 1 is 1.27 bits per heavy atom. The molecular weight excluding hydrogens is 210 g/mol. The molecule has 0 unspecified atom stereocenters. The van der Waals surface area contributed by atoms with E-state index in [0.29, 0.717) is 18.0 Å². The molecule has 0 bridgehead atoms. The van der Waals surface area contributed by atoms with E-state index in [-0.39, 0.29) is 0 Å². The lowest BCUT2D eigenvalue weighted by atomic mass is 10.4. The zero-order valence-electron chi connectivity index (χ0n) is 9.88. The predicted octanol–water partition coefficient (Wildman–Crippen LogP) is 1.52. The van der Waals surface area contributed by atoms with Crippen LogP contribution in [0.15, 0.2) is 0 Å². The largest absolute Gasteiger partial charge is 0.382 e. The minimum Gasteiger partial charge on any atom is -0.382 e. The summed E-state index contributed by atoms with van der Waals surface area (Å²) in [6.45, 7) is 4.47. The molecule has 90 valence electrons. The van der Waals surface area contributed by atoms with Gasteiger partial charge in [-0.05, 0) is 32.1 Å². The van der Waals surface area contributed by atoms with Gasteiger partial charge in [0.25, 0.3) is 0 Å². The van der Waals surface area contributed by atoms with E-state index in [0.717, 1.165) is 26.1 Å². The van der Waals surface area contributed by atoms with Crippen LogP contribution < -0.4 is 5.32 Å². The van der Waals surface area contributed by atoms with Gasteiger partial charge in [-0.25, -0.2) is 0 Å². The van der Waals surface area contributed by atoms with Gasteiger partial charge in [-0.2, -0.15) is 11.8 Å². The Labute approximate surface area is 97.3 Å². The molecule has 4 heteroatoms. The predicted molar refractivity (Wildman–Crippen MR) is 65.7 cm³/mol. The summed E-state index contributed by atoms with van der Waals surface area (Å²) in [5.74, 6) is 0. The molecular formula is C11H23NO2S. The summed E-state index contributed by atoms with van der Waals surface area (Å²) in [5, 5.41) is 3.50. The standard InChI is InChI=1S/C11H23NO2S/c1-13-8-9-14-7-3-6-12-10-11(15-2)4-5-11/h12H,3-10H2,1-2H3. The number of methoxy groups -OCH3 is 1. The zero-order chi connectivity index (χ0) is 11.0. The summed E-state index contributed by atoms with van der Waals surface area (Å²) < 4.78 is 10.9. The number of hydrogen-bond donors (Lipinski definition) is 1. The molecule has 3 nitrogen and oxygen atoms in total. The average Bonchev–Trinajstić information content (AvgIpc) is 3.03. The summed E-state index contributed by atoms with van der Waals surface area (Å²) in [6, 6.07) is 0. The van der Waals surface area contributed by atoms with Crippen molar-refractivity contribution in [2.75, 3.05) is 46.3 Å². The lowest BCUT2D eigenvalue weighted by Gasteiger charge is -2.12. The molecule has 0 aromatic rings. The minimum absolute atomic E-state index is 0.580. The third kappa shape index (κ3) is 5.76. The summed E-state index contributed by atoms with van der Waals surface area (Å²) in [6.07, 6.45) is 6.06. The van der Waals surface area contributed by atoms with Crippen molar-refractivity contribution in [2.24, 2.45) is 0 Å². The van der Waals surface area contributed by atoms with Crippen LogP contribution in [0.3, 0.4) is 0 Å². The summed E-state index contributed by atoms with van der Waals surface area (Å²) in [7, 11) is 1.70. The third-order valence-electron chi connectivity index (χ3n) is 2.76. The van der Waals surface area contributed by atoms with Crippen LogP contribution in [-0.2, 0) is 9.47 Å². The number of thioether (sulfide) groups is 1. The highest BCUT2D eigenvalue weighted by atomic mass is 32.2. The van der Waals surface area contributed by atoms with E-state index in [2.05, 4.69) is 11.6 Å². The van der Waals surface area contributed by atoms with Gasteiger partial charge < -0.3 is 14.8 Å². The van der Waals surface area contributed by atoms with Crippen LogP contribution in [0, 0.1) is 0 Å². The smallest absolute Gasteiger partial charge is 0.0700 e. The van der Waals surface area contributed by atoms with E-state index in [1.165, 1.54) is 12.8 Å². The van der Waals surface area contributed by atoms with Gasteiger partial charge in [0, 0.05) is 25.0 Å². The van der Waals surface area contributed by atoms with E-state index in [1.54, 1.807) is 7.11 Å². The molecule has 0 amide bonds. The Morgan fingerprint density at radius 3 is 2.67 bits per heavy atom. The fourth-order valence-electron chi connectivity index (χ4n) is 1.45. The number of hydrogen-bond acceptors (Lipinski definition) is 4. The molecule has 0 aromatic carbocycles. The Morgan fingerprint density at radius 2 is 2.07 bits per heavy atom. The molecule has 0 aliphatic heterocycles. The molecule has 1 aliphatic rings. The number of rotatable bonds is 10. The van der Waals surface area contributed by atoms with Gasteiger partial charge >= 0.3 is 0 Å². The first-order chi connectivity index (χ1) is 7.33. The van der Waals surface area contributed by atoms with Gasteiger partial charge in [-0.1, -0.05) is 0 Å². The molecule has 1 N–H and O–H groups in total. The highest BCUT2D eigenvalue weighted by Crippen LogP contribution is 2.46. The average molecular weight is 233 g/mol. The highest BCUT2D eigenvalue weighted by Gasteiger charge is 2.41. The first kappa shape index (κ1) is 13.3. The SMILES string of the molecule is COCCOCCCNCC1(SC)CC1. The second kappa shape index (κ2) is 7.49. The maximum Gasteiger partial charge on any atom is 0.0700 e. The molecule has 0 aromatic heterocycles. The Kier molecular flexibility index (Phi) is 6.64. The molecule has 0 atom stereocenters. The van der Waals surface area contributed by atoms with Crippen molar-refractivity contribution in [1.29, 1.82) is 0 Å². The van der Waals surface area contributed by atoms with Crippen LogP contribution in [0.4, 0.5) is 0 Å². The molecule has 0 radical (unpaired) electrons. The van der Waals surface area contributed by atoms with Gasteiger partial charge in [-0.15, -0.1) is 0 Å². The van der Waals surface area contributed by atoms with Crippen LogP contribution in [0.1, 0.15) is 19.3 Å². The van der Waals surface area contributed by atoms with Crippen molar-refractivity contribution in [3.63, 3.8) is 0 Å². The van der Waals surface area contributed by atoms with Crippen molar-refractivity contribution in [3.05, 3.63) is 0 Å². The first-order valence-electron chi connectivity index (χ1n) is 5.65. The Bertz CT molecular complexity index is 163. The highest BCUT2D eigenvalue weighted by molar-refractivity contribution is 8.00. The quantitative estimate of drug-likeness (QED) is 0.580.